The normalized spacial score (nSPS) is 18.7. The fraction of sp³-hybridized carbons (Fsp3) is 0.786. The summed E-state index contributed by atoms with van der Waals surface area (Å²) in [5.74, 6) is 0. The van der Waals surface area contributed by atoms with Crippen LogP contribution in [0.3, 0.4) is 0 Å². The molecule has 1 heterocycles. The lowest BCUT2D eigenvalue weighted by Gasteiger charge is -2.13. The SMILES string of the molecule is CCCC(Cc1ccn(C2CCCC2)n1)NC. The van der Waals surface area contributed by atoms with Gasteiger partial charge in [0, 0.05) is 18.7 Å². The van der Waals surface area contributed by atoms with E-state index in [1.165, 1.54) is 44.2 Å². The van der Waals surface area contributed by atoms with Crippen LogP contribution in [0.25, 0.3) is 0 Å². The molecule has 1 aliphatic rings. The first-order valence-electron chi connectivity index (χ1n) is 7.04. The van der Waals surface area contributed by atoms with Crippen LogP contribution in [-0.2, 0) is 6.42 Å². The Hall–Kier alpha value is -0.830. The van der Waals surface area contributed by atoms with Crippen molar-refractivity contribution in [1.82, 2.24) is 15.1 Å². The van der Waals surface area contributed by atoms with Crippen molar-refractivity contribution in [3.63, 3.8) is 0 Å². The summed E-state index contributed by atoms with van der Waals surface area (Å²) in [6, 6.07) is 3.44. The third-order valence-corrected chi connectivity index (χ3v) is 3.86. The number of hydrogen-bond acceptors (Lipinski definition) is 2. The number of hydrogen-bond donors (Lipinski definition) is 1. The lowest BCUT2D eigenvalue weighted by Crippen LogP contribution is -2.27. The number of rotatable bonds is 6. The highest BCUT2D eigenvalue weighted by Gasteiger charge is 2.18. The van der Waals surface area contributed by atoms with Crippen LogP contribution in [0, 0.1) is 0 Å². The Morgan fingerprint density at radius 1 is 1.47 bits per heavy atom. The van der Waals surface area contributed by atoms with Crippen molar-refractivity contribution in [3.05, 3.63) is 18.0 Å². The minimum atomic E-state index is 0.576. The highest BCUT2D eigenvalue weighted by molar-refractivity contribution is 5.02. The van der Waals surface area contributed by atoms with Gasteiger partial charge in [0.15, 0.2) is 0 Å². The van der Waals surface area contributed by atoms with E-state index in [0.717, 1.165) is 6.42 Å². The fourth-order valence-corrected chi connectivity index (χ4v) is 2.81. The smallest absolute Gasteiger partial charge is 0.0640 e. The van der Waals surface area contributed by atoms with E-state index in [2.05, 4.69) is 29.2 Å². The minimum Gasteiger partial charge on any atom is -0.317 e. The van der Waals surface area contributed by atoms with E-state index in [0.29, 0.717) is 12.1 Å². The van der Waals surface area contributed by atoms with Gasteiger partial charge in [0.05, 0.1) is 11.7 Å². The largest absolute Gasteiger partial charge is 0.317 e. The molecule has 1 aromatic heterocycles. The first kappa shape index (κ1) is 12.6. The van der Waals surface area contributed by atoms with Gasteiger partial charge in [-0.3, -0.25) is 4.68 Å². The summed E-state index contributed by atoms with van der Waals surface area (Å²) in [6.45, 7) is 2.24. The van der Waals surface area contributed by atoms with Crippen molar-refractivity contribution in [2.24, 2.45) is 0 Å². The first-order valence-corrected chi connectivity index (χ1v) is 7.04. The third-order valence-electron chi connectivity index (χ3n) is 3.86. The van der Waals surface area contributed by atoms with Gasteiger partial charge in [-0.2, -0.15) is 5.10 Å². The molecule has 2 rings (SSSR count). The molecule has 17 heavy (non-hydrogen) atoms. The maximum Gasteiger partial charge on any atom is 0.0640 e. The summed E-state index contributed by atoms with van der Waals surface area (Å²) < 4.78 is 2.20. The number of nitrogens with zero attached hydrogens (tertiary/aromatic N) is 2. The molecule has 3 heteroatoms. The van der Waals surface area contributed by atoms with Crippen molar-refractivity contribution in [1.29, 1.82) is 0 Å². The second kappa shape index (κ2) is 6.20. The van der Waals surface area contributed by atoms with Gasteiger partial charge in [-0.15, -0.1) is 0 Å². The van der Waals surface area contributed by atoms with Gasteiger partial charge >= 0.3 is 0 Å². The molecule has 1 N–H and O–H groups in total. The van der Waals surface area contributed by atoms with Gasteiger partial charge in [0.2, 0.25) is 0 Å². The molecule has 1 fully saturated rings. The van der Waals surface area contributed by atoms with Crippen LogP contribution >= 0.6 is 0 Å². The molecular weight excluding hydrogens is 210 g/mol. The van der Waals surface area contributed by atoms with E-state index in [-0.39, 0.29) is 0 Å². The summed E-state index contributed by atoms with van der Waals surface area (Å²) in [4.78, 5) is 0. The molecule has 1 unspecified atom stereocenters. The standard InChI is InChI=1S/C14H25N3/c1-3-6-12(15-2)11-13-9-10-17(16-13)14-7-4-5-8-14/h9-10,12,14-15H,3-8,11H2,1-2H3. The Balaban J connectivity index is 1.92. The Labute approximate surface area is 105 Å². The summed E-state index contributed by atoms with van der Waals surface area (Å²) in [5, 5.41) is 8.12. The average molecular weight is 235 g/mol. The van der Waals surface area contributed by atoms with Crippen LogP contribution in [0.15, 0.2) is 12.3 Å². The maximum atomic E-state index is 4.74. The zero-order valence-electron chi connectivity index (χ0n) is 11.2. The van der Waals surface area contributed by atoms with Crippen molar-refractivity contribution < 1.29 is 0 Å². The Morgan fingerprint density at radius 3 is 2.88 bits per heavy atom. The molecule has 0 bridgehead atoms. The molecular formula is C14H25N3. The molecule has 1 aromatic rings. The van der Waals surface area contributed by atoms with Gasteiger partial charge in [-0.05, 0) is 32.4 Å². The quantitative estimate of drug-likeness (QED) is 0.821. The molecule has 0 saturated heterocycles. The predicted molar refractivity (Wildman–Crippen MR) is 71.2 cm³/mol. The van der Waals surface area contributed by atoms with Crippen molar-refractivity contribution >= 4 is 0 Å². The van der Waals surface area contributed by atoms with Crippen LogP contribution in [0.5, 0.6) is 0 Å². The zero-order valence-corrected chi connectivity index (χ0v) is 11.2. The molecule has 1 atom stereocenters. The third kappa shape index (κ3) is 3.32. The molecule has 1 aliphatic carbocycles. The molecule has 0 aliphatic heterocycles. The number of aromatic nitrogens is 2. The van der Waals surface area contributed by atoms with Gasteiger partial charge in [-0.25, -0.2) is 0 Å². The molecule has 0 aromatic carbocycles. The van der Waals surface area contributed by atoms with E-state index < -0.39 is 0 Å². The average Bonchev–Trinajstić information content (AvgIpc) is 2.98. The van der Waals surface area contributed by atoms with Gasteiger partial charge in [0.1, 0.15) is 0 Å². The van der Waals surface area contributed by atoms with Gasteiger partial charge in [0.25, 0.3) is 0 Å². The summed E-state index contributed by atoms with van der Waals surface area (Å²) in [6.07, 6.45) is 11.1. The molecule has 3 nitrogen and oxygen atoms in total. The summed E-state index contributed by atoms with van der Waals surface area (Å²) >= 11 is 0. The van der Waals surface area contributed by atoms with Gasteiger partial charge in [-0.1, -0.05) is 26.2 Å². The molecule has 1 saturated carbocycles. The van der Waals surface area contributed by atoms with Crippen LogP contribution in [0.4, 0.5) is 0 Å². The van der Waals surface area contributed by atoms with E-state index in [9.17, 15) is 0 Å². The fourth-order valence-electron chi connectivity index (χ4n) is 2.81. The molecule has 96 valence electrons. The molecule has 0 spiro atoms. The highest BCUT2D eigenvalue weighted by Crippen LogP contribution is 2.28. The second-order valence-electron chi connectivity index (χ2n) is 5.20. The topological polar surface area (TPSA) is 29.9 Å². The first-order chi connectivity index (χ1) is 8.33. The van der Waals surface area contributed by atoms with Gasteiger partial charge < -0.3 is 5.32 Å². The van der Waals surface area contributed by atoms with E-state index in [1.807, 2.05) is 7.05 Å². The van der Waals surface area contributed by atoms with Crippen LogP contribution in [0.1, 0.15) is 57.2 Å². The van der Waals surface area contributed by atoms with E-state index in [1.54, 1.807) is 0 Å². The minimum absolute atomic E-state index is 0.576. The van der Waals surface area contributed by atoms with E-state index in [4.69, 9.17) is 5.10 Å². The van der Waals surface area contributed by atoms with Crippen LogP contribution in [0.2, 0.25) is 0 Å². The van der Waals surface area contributed by atoms with Crippen LogP contribution < -0.4 is 5.32 Å². The highest BCUT2D eigenvalue weighted by atomic mass is 15.3. The predicted octanol–water partition coefficient (Wildman–Crippen LogP) is 2.93. The molecule has 0 radical (unpaired) electrons. The van der Waals surface area contributed by atoms with E-state index >= 15 is 0 Å². The summed E-state index contributed by atoms with van der Waals surface area (Å²) in [5.41, 5.74) is 1.24. The van der Waals surface area contributed by atoms with Crippen molar-refractivity contribution in [3.8, 4) is 0 Å². The lowest BCUT2D eigenvalue weighted by molar-refractivity contribution is 0.454. The summed E-state index contributed by atoms with van der Waals surface area (Å²) in [7, 11) is 2.05. The Morgan fingerprint density at radius 2 is 2.24 bits per heavy atom. The van der Waals surface area contributed by atoms with Crippen molar-refractivity contribution in [2.45, 2.75) is 64.0 Å². The monoisotopic (exact) mass is 235 g/mol. The zero-order chi connectivity index (χ0) is 12.1. The maximum absolute atomic E-state index is 4.74. The van der Waals surface area contributed by atoms with Crippen molar-refractivity contribution in [2.75, 3.05) is 7.05 Å². The Bertz CT molecular complexity index is 326. The molecule has 0 amide bonds. The number of likely N-dealkylation sites (N-methyl/N-ethyl adjacent to an activating group) is 1. The van der Waals surface area contributed by atoms with Crippen LogP contribution in [-0.4, -0.2) is 22.9 Å². The Kier molecular flexibility index (Phi) is 4.60. The number of nitrogens with one attached hydrogen (secondary N) is 1. The second-order valence-corrected chi connectivity index (χ2v) is 5.20. The lowest BCUT2D eigenvalue weighted by atomic mass is 10.1.